The van der Waals surface area contributed by atoms with Crippen molar-refractivity contribution in [1.29, 1.82) is 0 Å². The van der Waals surface area contributed by atoms with Gasteiger partial charge in [0.25, 0.3) is 0 Å². The average molecular weight is 560 g/mol. The largest absolute Gasteiger partial charge is 0.459 e. The summed E-state index contributed by atoms with van der Waals surface area (Å²) in [6, 6.07) is 9.09. The lowest BCUT2D eigenvalue weighted by molar-refractivity contribution is -0.254. The lowest BCUT2D eigenvalue weighted by Crippen LogP contribution is -2.48. The molecule has 2 saturated heterocycles. The van der Waals surface area contributed by atoms with Gasteiger partial charge in [-0.05, 0) is 62.5 Å². The molecule has 1 amide bonds. The average Bonchev–Trinajstić information content (AvgIpc) is 3.35. The van der Waals surface area contributed by atoms with Gasteiger partial charge in [0.1, 0.15) is 12.4 Å². The number of hydrogen-bond donors (Lipinski definition) is 1. The van der Waals surface area contributed by atoms with Crippen molar-refractivity contribution in [2.24, 2.45) is 17.8 Å². The Morgan fingerprint density at radius 3 is 2.33 bits per heavy atom. The van der Waals surface area contributed by atoms with E-state index in [9.17, 15) is 19.5 Å². The summed E-state index contributed by atoms with van der Waals surface area (Å²) >= 11 is 0. The van der Waals surface area contributed by atoms with Gasteiger partial charge in [-0.15, -0.1) is 0 Å². The van der Waals surface area contributed by atoms with Gasteiger partial charge in [-0.3, -0.25) is 9.59 Å². The van der Waals surface area contributed by atoms with E-state index in [1.807, 2.05) is 30.0 Å². The first kappa shape index (κ1) is 32.2. The van der Waals surface area contributed by atoms with E-state index in [1.54, 1.807) is 12.1 Å². The Bertz CT molecular complexity index is 938. The minimum Gasteiger partial charge on any atom is -0.459 e. The fourth-order valence-electron chi connectivity index (χ4n) is 5.76. The zero-order chi connectivity index (χ0) is 29.1. The normalized spacial score (nSPS) is 28.4. The number of carbonyl (C=O) groups excluding carboxylic acids is 3. The van der Waals surface area contributed by atoms with Crippen LogP contribution in [0, 0.1) is 17.8 Å². The molecule has 224 valence electrons. The van der Waals surface area contributed by atoms with Crippen LogP contribution in [0.15, 0.2) is 30.3 Å². The summed E-state index contributed by atoms with van der Waals surface area (Å²) in [5, 5.41) is 9.84. The maximum Gasteiger partial charge on any atom is 0.338 e. The molecular formula is C32H49NO7. The fraction of sp³-hybridized carbons (Fsp3) is 0.719. The molecule has 2 fully saturated rings. The van der Waals surface area contributed by atoms with E-state index in [2.05, 4.69) is 20.8 Å². The van der Waals surface area contributed by atoms with Gasteiger partial charge in [-0.2, -0.15) is 0 Å². The van der Waals surface area contributed by atoms with Gasteiger partial charge in [-0.1, -0.05) is 45.9 Å². The van der Waals surface area contributed by atoms with Gasteiger partial charge in [0.05, 0.1) is 17.8 Å². The lowest BCUT2D eigenvalue weighted by atomic mass is 9.79. The van der Waals surface area contributed by atoms with Crippen LogP contribution in [0.4, 0.5) is 0 Å². The van der Waals surface area contributed by atoms with Crippen molar-refractivity contribution < 1.29 is 33.7 Å². The number of Topliss-reactive ketones (excluding diaryl/α,β-unsaturated/α-hetero) is 1. The summed E-state index contributed by atoms with van der Waals surface area (Å²) in [6.07, 6.45) is 4.90. The number of aliphatic hydroxyl groups is 1. The number of carbonyl (C=O) groups is 3. The molecule has 8 heteroatoms. The highest BCUT2D eigenvalue weighted by molar-refractivity contribution is 5.89. The monoisotopic (exact) mass is 559 g/mol. The summed E-state index contributed by atoms with van der Waals surface area (Å²) in [6.45, 7) is 9.60. The van der Waals surface area contributed by atoms with Gasteiger partial charge < -0.3 is 24.2 Å². The third-order valence-electron chi connectivity index (χ3n) is 8.78. The zero-order valence-corrected chi connectivity index (χ0v) is 24.8. The second kappa shape index (κ2) is 16.2. The molecule has 0 radical (unpaired) electrons. The van der Waals surface area contributed by atoms with E-state index in [1.165, 1.54) is 0 Å². The van der Waals surface area contributed by atoms with Gasteiger partial charge in [0, 0.05) is 44.4 Å². The van der Waals surface area contributed by atoms with Crippen LogP contribution < -0.4 is 0 Å². The number of β-amino-alcohol motifs (C(OH)–C–C–N with tert-alkyl or cyclic N) is 1. The Balaban J connectivity index is 1.28. The number of aliphatic hydroxyl groups excluding tert-OH is 1. The van der Waals surface area contributed by atoms with E-state index in [4.69, 9.17) is 14.2 Å². The van der Waals surface area contributed by atoms with Crippen molar-refractivity contribution in [1.82, 2.24) is 4.90 Å². The number of likely N-dealkylation sites (tertiary alicyclic amines) is 1. The number of nitrogens with zero attached hydrogens (tertiary/aromatic N) is 1. The molecule has 0 bridgehead atoms. The Morgan fingerprint density at radius 1 is 0.950 bits per heavy atom. The summed E-state index contributed by atoms with van der Waals surface area (Å²) in [5.74, 6) is 0.732. The number of amides is 1. The smallest absolute Gasteiger partial charge is 0.338 e. The third kappa shape index (κ3) is 9.38. The van der Waals surface area contributed by atoms with E-state index >= 15 is 0 Å². The Hall–Kier alpha value is -2.29. The molecule has 2 heterocycles. The molecule has 3 rings (SSSR count). The number of unbranched alkanes of at least 4 members (excludes halogenated alkanes) is 2. The summed E-state index contributed by atoms with van der Waals surface area (Å²) in [5.41, 5.74) is 0.524. The van der Waals surface area contributed by atoms with Crippen LogP contribution in [-0.4, -0.2) is 72.0 Å². The molecule has 2 unspecified atom stereocenters. The Labute approximate surface area is 239 Å². The Kier molecular flexibility index (Phi) is 13.1. The minimum atomic E-state index is -0.412. The molecule has 1 aromatic carbocycles. The highest BCUT2D eigenvalue weighted by Gasteiger charge is 2.40. The van der Waals surface area contributed by atoms with Crippen molar-refractivity contribution in [3.05, 3.63) is 35.9 Å². The molecule has 0 saturated carbocycles. The van der Waals surface area contributed by atoms with Crippen LogP contribution >= 0.6 is 0 Å². The third-order valence-corrected chi connectivity index (χ3v) is 8.78. The molecule has 2 aliphatic rings. The maximum absolute atomic E-state index is 12.5. The minimum absolute atomic E-state index is 0.0902. The topological polar surface area (TPSA) is 102 Å². The van der Waals surface area contributed by atoms with Crippen molar-refractivity contribution in [3.63, 3.8) is 0 Å². The van der Waals surface area contributed by atoms with Crippen molar-refractivity contribution in [2.75, 3.05) is 19.8 Å². The van der Waals surface area contributed by atoms with Gasteiger partial charge in [-0.25, -0.2) is 4.79 Å². The summed E-state index contributed by atoms with van der Waals surface area (Å²) in [4.78, 5) is 39.0. The van der Waals surface area contributed by atoms with E-state index < -0.39 is 6.10 Å². The van der Waals surface area contributed by atoms with Gasteiger partial charge in [0.2, 0.25) is 5.91 Å². The number of ketones is 1. The number of hydrogen-bond acceptors (Lipinski definition) is 7. The second-order valence-corrected chi connectivity index (χ2v) is 11.7. The molecule has 1 aromatic rings. The quantitative estimate of drug-likeness (QED) is 0.234. The van der Waals surface area contributed by atoms with Crippen molar-refractivity contribution in [2.45, 2.75) is 110 Å². The number of rotatable bonds is 15. The SMILES string of the molecule is CC[C@@H]1C[C@@H](O)CN1C(=O)CCCCC(=O)CCCCO[C@H]1OC(COC(=O)c2ccccc2)[C@@H](C)[C@H](C)C1C. The van der Waals surface area contributed by atoms with E-state index in [-0.39, 0.29) is 54.5 Å². The second-order valence-electron chi connectivity index (χ2n) is 11.7. The molecule has 40 heavy (non-hydrogen) atoms. The van der Waals surface area contributed by atoms with Crippen molar-refractivity contribution in [3.8, 4) is 0 Å². The fourth-order valence-corrected chi connectivity index (χ4v) is 5.76. The first-order valence-electron chi connectivity index (χ1n) is 15.2. The van der Waals surface area contributed by atoms with Crippen molar-refractivity contribution >= 4 is 17.7 Å². The molecule has 0 spiro atoms. The standard InChI is InChI=1S/C32H49NO7/c1-5-26-19-28(35)20-33(26)30(36)17-10-9-15-27(34)16-11-12-18-38-32-24(4)22(2)23(3)29(40-32)21-39-31(37)25-13-7-6-8-14-25/h6-8,13-14,22-24,26,28-29,32,35H,5,9-12,15-21H2,1-4H3/t22-,23-,24?,26+,28+,29?,32-/m0/s1. The van der Waals surface area contributed by atoms with Crippen LogP contribution in [0.3, 0.4) is 0 Å². The van der Waals surface area contributed by atoms with Crippen LogP contribution in [0.5, 0.6) is 0 Å². The maximum atomic E-state index is 12.5. The predicted molar refractivity (Wildman–Crippen MR) is 153 cm³/mol. The zero-order valence-electron chi connectivity index (χ0n) is 24.8. The van der Waals surface area contributed by atoms with Crippen LogP contribution in [-0.2, 0) is 23.8 Å². The summed E-state index contributed by atoms with van der Waals surface area (Å²) < 4.78 is 17.9. The highest BCUT2D eigenvalue weighted by Crippen LogP contribution is 2.35. The number of benzene rings is 1. The lowest BCUT2D eigenvalue weighted by Gasteiger charge is -2.43. The predicted octanol–water partition coefficient (Wildman–Crippen LogP) is 5.16. The van der Waals surface area contributed by atoms with Gasteiger partial charge >= 0.3 is 5.97 Å². The highest BCUT2D eigenvalue weighted by atomic mass is 16.7. The Morgan fingerprint density at radius 2 is 1.62 bits per heavy atom. The first-order valence-corrected chi connectivity index (χ1v) is 15.2. The number of ether oxygens (including phenoxy) is 3. The molecular weight excluding hydrogens is 510 g/mol. The van der Waals surface area contributed by atoms with Crippen LogP contribution in [0.2, 0.25) is 0 Å². The molecule has 1 N–H and O–H groups in total. The molecule has 0 aromatic heterocycles. The molecule has 0 aliphatic carbocycles. The summed E-state index contributed by atoms with van der Waals surface area (Å²) in [7, 11) is 0. The van der Waals surface area contributed by atoms with Crippen LogP contribution in [0.1, 0.15) is 95.8 Å². The van der Waals surface area contributed by atoms with Gasteiger partial charge in [0.15, 0.2) is 6.29 Å². The van der Waals surface area contributed by atoms with Crippen LogP contribution in [0.25, 0.3) is 0 Å². The van der Waals surface area contributed by atoms with E-state index in [0.717, 1.165) is 19.3 Å². The number of esters is 1. The molecule has 8 nitrogen and oxygen atoms in total. The first-order chi connectivity index (χ1) is 19.2. The molecule has 7 atom stereocenters. The molecule has 2 aliphatic heterocycles. The van der Waals surface area contributed by atoms with E-state index in [0.29, 0.717) is 63.2 Å².